The summed E-state index contributed by atoms with van der Waals surface area (Å²) < 4.78 is 10.3. The topological polar surface area (TPSA) is 18.5 Å². The van der Waals surface area contributed by atoms with Crippen molar-refractivity contribution in [3.8, 4) is 5.75 Å². The molecule has 0 spiro atoms. The van der Waals surface area contributed by atoms with Crippen LogP contribution < -0.4 is 4.74 Å². The Balaban J connectivity index is 2.20. The summed E-state index contributed by atoms with van der Waals surface area (Å²) in [6, 6.07) is 9.55. The third-order valence-electron chi connectivity index (χ3n) is 1.29. The smallest absolute Gasteiger partial charge is 0.189 e. The predicted molar refractivity (Wildman–Crippen MR) is 48.1 cm³/mol. The van der Waals surface area contributed by atoms with Crippen LogP contribution in [0, 0.1) is 0 Å². The molecule has 0 saturated carbocycles. The quantitative estimate of drug-likeness (QED) is 0.377. The van der Waals surface area contributed by atoms with Crippen molar-refractivity contribution in [2.75, 3.05) is 13.4 Å². The highest BCUT2D eigenvalue weighted by atomic mass is 16.7. The van der Waals surface area contributed by atoms with Gasteiger partial charge in [0.2, 0.25) is 0 Å². The first-order valence-corrected chi connectivity index (χ1v) is 3.80. The molecule has 1 rings (SSSR count). The molecule has 0 unspecified atom stereocenters. The third kappa shape index (κ3) is 3.21. The molecule has 0 radical (unpaired) electrons. The van der Waals surface area contributed by atoms with Gasteiger partial charge < -0.3 is 9.47 Å². The van der Waals surface area contributed by atoms with Crippen molar-refractivity contribution >= 4 is 0 Å². The molecule has 1 aromatic rings. The molecule has 2 nitrogen and oxygen atoms in total. The molecule has 0 saturated heterocycles. The van der Waals surface area contributed by atoms with E-state index < -0.39 is 0 Å². The minimum atomic E-state index is 0.274. The van der Waals surface area contributed by atoms with E-state index >= 15 is 0 Å². The van der Waals surface area contributed by atoms with E-state index in [1.165, 1.54) is 0 Å². The fourth-order valence-corrected chi connectivity index (χ4v) is 0.758. The molecular formula is C10H12O2. The second kappa shape index (κ2) is 5.38. The lowest BCUT2D eigenvalue weighted by Gasteiger charge is -2.04. The summed E-state index contributed by atoms with van der Waals surface area (Å²) in [5.74, 6) is 0.821. The van der Waals surface area contributed by atoms with Crippen LogP contribution in [-0.2, 0) is 4.74 Å². The van der Waals surface area contributed by atoms with E-state index in [9.17, 15) is 0 Å². The van der Waals surface area contributed by atoms with Gasteiger partial charge in [-0.05, 0) is 12.1 Å². The van der Waals surface area contributed by atoms with Crippen molar-refractivity contribution in [3.05, 3.63) is 43.0 Å². The Kier molecular flexibility index (Phi) is 3.95. The maximum Gasteiger partial charge on any atom is 0.189 e. The number of benzene rings is 1. The number of hydrogen-bond donors (Lipinski definition) is 0. The van der Waals surface area contributed by atoms with Gasteiger partial charge in [-0.15, -0.1) is 6.58 Å². The number of rotatable bonds is 5. The number of ether oxygens (including phenoxy) is 2. The summed E-state index contributed by atoms with van der Waals surface area (Å²) in [6.07, 6.45) is 1.69. The van der Waals surface area contributed by atoms with Crippen LogP contribution in [0.3, 0.4) is 0 Å². The first-order chi connectivity index (χ1) is 5.93. The van der Waals surface area contributed by atoms with Gasteiger partial charge in [0.05, 0.1) is 6.61 Å². The molecule has 0 atom stereocenters. The van der Waals surface area contributed by atoms with Gasteiger partial charge >= 0.3 is 0 Å². The summed E-state index contributed by atoms with van der Waals surface area (Å²) in [6.45, 7) is 4.32. The number of para-hydroxylation sites is 1. The lowest BCUT2D eigenvalue weighted by molar-refractivity contribution is 0.0307. The van der Waals surface area contributed by atoms with Gasteiger partial charge in [-0.1, -0.05) is 24.3 Å². The van der Waals surface area contributed by atoms with Gasteiger partial charge in [0, 0.05) is 0 Å². The number of hydrogen-bond acceptors (Lipinski definition) is 2. The lowest BCUT2D eigenvalue weighted by Crippen LogP contribution is -2.01. The summed E-state index contributed by atoms with van der Waals surface area (Å²) in [5, 5.41) is 0. The lowest BCUT2D eigenvalue weighted by atomic mass is 10.3. The van der Waals surface area contributed by atoms with Gasteiger partial charge in [0.15, 0.2) is 6.79 Å². The van der Waals surface area contributed by atoms with Crippen molar-refractivity contribution in [3.63, 3.8) is 0 Å². The SMILES string of the molecule is C=CCOCOc1ccccc1. The average Bonchev–Trinajstić information content (AvgIpc) is 2.14. The maximum absolute atomic E-state index is 5.24. The van der Waals surface area contributed by atoms with Gasteiger partial charge in [0.1, 0.15) is 5.75 Å². The molecular weight excluding hydrogens is 152 g/mol. The van der Waals surface area contributed by atoms with E-state index in [1.54, 1.807) is 6.08 Å². The molecule has 0 amide bonds. The Morgan fingerprint density at radius 1 is 1.25 bits per heavy atom. The Bertz CT molecular complexity index is 219. The summed E-state index contributed by atoms with van der Waals surface area (Å²) in [5.41, 5.74) is 0. The van der Waals surface area contributed by atoms with Gasteiger partial charge in [0.25, 0.3) is 0 Å². The summed E-state index contributed by atoms with van der Waals surface area (Å²) >= 11 is 0. The Hall–Kier alpha value is -1.28. The maximum atomic E-state index is 5.24. The van der Waals surface area contributed by atoms with Crippen molar-refractivity contribution in [1.29, 1.82) is 0 Å². The first-order valence-electron chi connectivity index (χ1n) is 3.80. The van der Waals surface area contributed by atoms with Crippen LogP contribution in [0.2, 0.25) is 0 Å². The summed E-state index contributed by atoms with van der Waals surface area (Å²) in [7, 11) is 0. The van der Waals surface area contributed by atoms with E-state index in [0.29, 0.717) is 6.61 Å². The van der Waals surface area contributed by atoms with Crippen molar-refractivity contribution in [2.24, 2.45) is 0 Å². The van der Waals surface area contributed by atoms with E-state index in [-0.39, 0.29) is 6.79 Å². The Morgan fingerprint density at radius 3 is 2.67 bits per heavy atom. The van der Waals surface area contributed by atoms with Crippen molar-refractivity contribution < 1.29 is 9.47 Å². The van der Waals surface area contributed by atoms with E-state index in [2.05, 4.69) is 6.58 Å². The highest BCUT2D eigenvalue weighted by Gasteiger charge is 1.88. The molecule has 2 heteroatoms. The molecule has 0 aliphatic carbocycles. The van der Waals surface area contributed by atoms with Gasteiger partial charge in [-0.25, -0.2) is 0 Å². The minimum absolute atomic E-state index is 0.274. The Labute approximate surface area is 72.4 Å². The molecule has 64 valence electrons. The van der Waals surface area contributed by atoms with E-state index in [0.717, 1.165) is 5.75 Å². The standard InChI is InChI=1S/C10H12O2/c1-2-8-11-9-12-10-6-4-3-5-7-10/h2-7H,1,8-9H2. The van der Waals surface area contributed by atoms with Gasteiger partial charge in [-0.3, -0.25) is 0 Å². The second-order valence-corrected chi connectivity index (χ2v) is 2.23. The average molecular weight is 164 g/mol. The molecule has 0 bridgehead atoms. The van der Waals surface area contributed by atoms with E-state index in [4.69, 9.17) is 9.47 Å². The predicted octanol–water partition coefficient (Wildman–Crippen LogP) is 2.23. The second-order valence-electron chi connectivity index (χ2n) is 2.23. The zero-order valence-corrected chi connectivity index (χ0v) is 6.90. The van der Waals surface area contributed by atoms with Crippen LogP contribution in [0.4, 0.5) is 0 Å². The molecule has 0 aliphatic rings. The molecule has 0 aromatic heterocycles. The zero-order chi connectivity index (χ0) is 8.65. The minimum Gasteiger partial charge on any atom is -0.468 e. The molecule has 1 aromatic carbocycles. The molecule has 0 fully saturated rings. The first kappa shape index (κ1) is 8.81. The highest BCUT2D eigenvalue weighted by Crippen LogP contribution is 2.07. The van der Waals surface area contributed by atoms with Crippen LogP contribution >= 0.6 is 0 Å². The summed E-state index contributed by atoms with van der Waals surface area (Å²) in [4.78, 5) is 0. The largest absolute Gasteiger partial charge is 0.468 e. The van der Waals surface area contributed by atoms with E-state index in [1.807, 2.05) is 30.3 Å². The van der Waals surface area contributed by atoms with Crippen LogP contribution in [0.25, 0.3) is 0 Å². The fourth-order valence-electron chi connectivity index (χ4n) is 0.758. The van der Waals surface area contributed by atoms with Crippen LogP contribution in [0.15, 0.2) is 43.0 Å². The third-order valence-corrected chi connectivity index (χ3v) is 1.29. The Morgan fingerprint density at radius 2 is 2.00 bits per heavy atom. The van der Waals surface area contributed by atoms with Crippen LogP contribution in [-0.4, -0.2) is 13.4 Å². The monoisotopic (exact) mass is 164 g/mol. The van der Waals surface area contributed by atoms with Crippen LogP contribution in [0.5, 0.6) is 5.75 Å². The molecule has 0 aliphatic heterocycles. The van der Waals surface area contributed by atoms with Crippen molar-refractivity contribution in [2.45, 2.75) is 0 Å². The fraction of sp³-hybridized carbons (Fsp3) is 0.200. The normalized spacial score (nSPS) is 9.33. The molecule has 0 N–H and O–H groups in total. The van der Waals surface area contributed by atoms with Crippen LogP contribution in [0.1, 0.15) is 0 Å². The van der Waals surface area contributed by atoms with Crippen molar-refractivity contribution in [1.82, 2.24) is 0 Å². The highest BCUT2D eigenvalue weighted by molar-refractivity contribution is 5.20. The molecule has 12 heavy (non-hydrogen) atoms. The van der Waals surface area contributed by atoms with Gasteiger partial charge in [-0.2, -0.15) is 0 Å². The zero-order valence-electron chi connectivity index (χ0n) is 6.90. The molecule has 0 heterocycles.